The molecule has 3 nitrogen and oxygen atoms in total. The van der Waals surface area contributed by atoms with Gasteiger partial charge in [-0.15, -0.1) is 0 Å². The molecule has 0 atom stereocenters. The Bertz CT molecular complexity index is 685. The number of rotatable bonds is 7. The Morgan fingerprint density at radius 3 is 2.25 bits per heavy atom. The van der Waals surface area contributed by atoms with Crippen LogP contribution in [0.4, 0.5) is 0 Å². The Labute approximate surface area is 157 Å². The van der Waals surface area contributed by atoms with Crippen LogP contribution in [0.15, 0.2) is 30.3 Å². The van der Waals surface area contributed by atoms with E-state index in [1.54, 1.807) is 31.4 Å². The van der Waals surface area contributed by atoms with Gasteiger partial charge in [-0.3, -0.25) is 0 Å². The van der Waals surface area contributed by atoms with Gasteiger partial charge in [-0.05, 0) is 23.8 Å². The molecule has 0 unspecified atom stereocenters. The number of hydrogen-bond donors (Lipinski definition) is 1. The molecule has 0 bridgehead atoms. The van der Waals surface area contributed by atoms with Crippen LogP contribution in [-0.2, 0) is 13.2 Å². The predicted octanol–water partition coefficient (Wildman–Crippen LogP) is 5.73. The molecule has 2 aromatic carbocycles. The lowest BCUT2D eigenvalue weighted by Crippen LogP contribution is -2.22. The Kier molecular flexibility index (Phi) is 7.05. The molecule has 130 valence electrons. The van der Waals surface area contributed by atoms with E-state index >= 15 is 0 Å². The molecule has 6 heteroatoms. The smallest absolute Gasteiger partial charge is 0.163 e. The summed E-state index contributed by atoms with van der Waals surface area (Å²) in [5.74, 6) is 1.16. The molecule has 0 spiro atoms. The Hall–Kier alpha value is -1.13. The zero-order valence-electron chi connectivity index (χ0n) is 13.8. The van der Waals surface area contributed by atoms with E-state index in [2.05, 4.69) is 19.2 Å². The molecule has 0 heterocycles. The lowest BCUT2D eigenvalue weighted by atomic mass is 10.2. The van der Waals surface area contributed by atoms with Gasteiger partial charge in [0.2, 0.25) is 0 Å². The Morgan fingerprint density at radius 1 is 1.00 bits per heavy atom. The van der Waals surface area contributed by atoms with Crippen molar-refractivity contribution in [3.8, 4) is 11.5 Å². The molecule has 0 amide bonds. The standard InChI is InChI=1S/C18H20Cl3NO2/c1-11(2)22-9-12-7-17(23-3)18(8-16(12)21)24-10-13-14(19)5-4-6-15(13)20/h4-8,11,22H,9-10H2,1-3H3. The highest BCUT2D eigenvalue weighted by Gasteiger charge is 2.13. The van der Waals surface area contributed by atoms with Crippen molar-refractivity contribution >= 4 is 34.8 Å². The van der Waals surface area contributed by atoms with E-state index in [1.807, 2.05) is 6.07 Å². The van der Waals surface area contributed by atoms with Crippen molar-refractivity contribution in [2.45, 2.75) is 33.0 Å². The van der Waals surface area contributed by atoms with Crippen molar-refractivity contribution in [1.29, 1.82) is 0 Å². The van der Waals surface area contributed by atoms with Crippen molar-refractivity contribution in [3.05, 3.63) is 56.5 Å². The van der Waals surface area contributed by atoms with Crippen LogP contribution in [0.3, 0.4) is 0 Å². The third kappa shape index (κ3) is 4.93. The third-order valence-corrected chi connectivity index (χ3v) is 4.53. The normalized spacial score (nSPS) is 11.0. The van der Waals surface area contributed by atoms with E-state index < -0.39 is 0 Å². The number of nitrogens with one attached hydrogen (secondary N) is 1. The van der Waals surface area contributed by atoms with Crippen LogP contribution < -0.4 is 14.8 Å². The van der Waals surface area contributed by atoms with Gasteiger partial charge >= 0.3 is 0 Å². The number of benzene rings is 2. The SMILES string of the molecule is COc1cc(CNC(C)C)c(Cl)cc1OCc1c(Cl)cccc1Cl. The molecule has 0 aliphatic heterocycles. The summed E-state index contributed by atoms with van der Waals surface area (Å²) >= 11 is 18.7. The quantitative estimate of drug-likeness (QED) is 0.657. The summed E-state index contributed by atoms with van der Waals surface area (Å²) in [6.07, 6.45) is 0. The van der Waals surface area contributed by atoms with Gasteiger partial charge in [-0.25, -0.2) is 0 Å². The van der Waals surface area contributed by atoms with Crippen LogP contribution in [-0.4, -0.2) is 13.2 Å². The van der Waals surface area contributed by atoms with Crippen LogP contribution in [0.25, 0.3) is 0 Å². The molecule has 0 aliphatic rings. The molecule has 2 aromatic rings. The second kappa shape index (κ2) is 8.82. The first kappa shape index (κ1) is 19.2. The predicted molar refractivity (Wildman–Crippen MR) is 101 cm³/mol. The first-order chi connectivity index (χ1) is 11.4. The molecule has 0 saturated carbocycles. The minimum atomic E-state index is 0.231. The van der Waals surface area contributed by atoms with Crippen molar-refractivity contribution < 1.29 is 9.47 Å². The molecule has 1 N–H and O–H groups in total. The second-order valence-corrected chi connectivity index (χ2v) is 6.84. The average molecular weight is 389 g/mol. The molecule has 0 aromatic heterocycles. The first-order valence-corrected chi connectivity index (χ1v) is 8.71. The number of hydrogen-bond acceptors (Lipinski definition) is 3. The van der Waals surface area contributed by atoms with Crippen LogP contribution in [0.5, 0.6) is 11.5 Å². The van der Waals surface area contributed by atoms with E-state index in [0.29, 0.717) is 39.2 Å². The van der Waals surface area contributed by atoms with Crippen molar-refractivity contribution in [2.24, 2.45) is 0 Å². The summed E-state index contributed by atoms with van der Waals surface area (Å²) in [7, 11) is 1.60. The van der Waals surface area contributed by atoms with Gasteiger partial charge in [-0.2, -0.15) is 0 Å². The van der Waals surface area contributed by atoms with Crippen LogP contribution in [0, 0.1) is 0 Å². The monoisotopic (exact) mass is 387 g/mol. The molecule has 0 saturated heterocycles. The molecule has 0 fully saturated rings. The third-order valence-electron chi connectivity index (χ3n) is 3.47. The van der Waals surface area contributed by atoms with Gasteiger partial charge in [0, 0.05) is 39.3 Å². The highest BCUT2D eigenvalue weighted by atomic mass is 35.5. The lowest BCUT2D eigenvalue weighted by Gasteiger charge is -2.16. The van der Waals surface area contributed by atoms with Gasteiger partial charge < -0.3 is 14.8 Å². The maximum absolute atomic E-state index is 6.36. The molecule has 0 aliphatic carbocycles. The van der Waals surface area contributed by atoms with Gasteiger partial charge in [0.25, 0.3) is 0 Å². The van der Waals surface area contributed by atoms with Gasteiger partial charge in [0.15, 0.2) is 11.5 Å². The van der Waals surface area contributed by atoms with Gasteiger partial charge in [0.1, 0.15) is 6.61 Å². The molecular weight excluding hydrogens is 369 g/mol. The van der Waals surface area contributed by atoms with Gasteiger partial charge in [-0.1, -0.05) is 54.7 Å². The largest absolute Gasteiger partial charge is 0.493 e. The number of ether oxygens (including phenoxy) is 2. The van der Waals surface area contributed by atoms with E-state index in [9.17, 15) is 0 Å². The summed E-state index contributed by atoms with van der Waals surface area (Å²) in [5.41, 5.74) is 1.68. The van der Waals surface area contributed by atoms with E-state index in [4.69, 9.17) is 44.3 Å². The fraction of sp³-hybridized carbons (Fsp3) is 0.333. The molecule has 2 rings (SSSR count). The number of methoxy groups -OCH3 is 1. The summed E-state index contributed by atoms with van der Waals surface area (Å²) in [4.78, 5) is 0. The summed E-state index contributed by atoms with van der Waals surface area (Å²) in [6, 6.07) is 9.34. The summed E-state index contributed by atoms with van der Waals surface area (Å²) in [5, 5.41) is 5.07. The van der Waals surface area contributed by atoms with E-state index in [-0.39, 0.29) is 6.61 Å². The summed E-state index contributed by atoms with van der Waals surface area (Å²) < 4.78 is 11.3. The minimum Gasteiger partial charge on any atom is -0.493 e. The lowest BCUT2D eigenvalue weighted by molar-refractivity contribution is 0.284. The van der Waals surface area contributed by atoms with E-state index in [0.717, 1.165) is 11.1 Å². The fourth-order valence-corrected chi connectivity index (χ4v) is 2.85. The topological polar surface area (TPSA) is 30.5 Å². The second-order valence-electron chi connectivity index (χ2n) is 5.62. The zero-order valence-corrected chi connectivity index (χ0v) is 16.1. The Balaban J connectivity index is 2.19. The van der Waals surface area contributed by atoms with Crippen LogP contribution >= 0.6 is 34.8 Å². The first-order valence-electron chi connectivity index (χ1n) is 7.57. The molecule has 0 radical (unpaired) electrons. The fourth-order valence-electron chi connectivity index (χ4n) is 2.12. The minimum absolute atomic E-state index is 0.231. The molecular formula is C18H20Cl3NO2. The zero-order chi connectivity index (χ0) is 17.7. The maximum atomic E-state index is 6.36. The number of halogens is 3. The van der Waals surface area contributed by atoms with E-state index in [1.165, 1.54) is 0 Å². The highest BCUT2D eigenvalue weighted by molar-refractivity contribution is 6.36. The van der Waals surface area contributed by atoms with Crippen molar-refractivity contribution in [1.82, 2.24) is 5.32 Å². The Morgan fingerprint density at radius 2 is 1.67 bits per heavy atom. The highest BCUT2D eigenvalue weighted by Crippen LogP contribution is 2.35. The van der Waals surface area contributed by atoms with Crippen molar-refractivity contribution in [3.63, 3.8) is 0 Å². The molecule has 24 heavy (non-hydrogen) atoms. The van der Waals surface area contributed by atoms with Crippen LogP contribution in [0.1, 0.15) is 25.0 Å². The van der Waals surface area contributed by atoms with Crippen LogP contribution in [0.2, 0.25) is 15.1 Å². The summed E-state index contributed by atoms with van der Waals surface area (Å²) in [6.45, 7) is 5.05. The van der Waals surface area contributed by atoms with Crippen molar-refractivity contribution in [2.75, 3.05) is 7.11 Å². The maximum Gasteiger partial charge on any atom is 0.163 e. The van der Waals surface area contributed by atoms with Gasteiger partial charge in [0.05, 0.1) is 7.11 Å². The average Bonchev–Trinajstić information content (AvgIpc) is 2.53.